The molecule has 1 aromatic carbocycles. The summed E-state index contributed by atoms with van der Waals surface area (Å²) in [4.78, 5) is 0. The van der Waals surface area contributed by atoms with Crippen molar-refractivity contribution in [3.8, 4) is 0 Å². The smallest absolute Gasteiger partial charge is 0.128 e. The van der Waals surface area contributed by atoms with Crippen LogP contribution in [0.5, 0.6) is 0 Å². The maximum atomic E-state index is 13.3. The van der Waals surface area contributed by atoms with E-state index in [0.717, 1.165) is 6.42 Å². The Balaban J connectivity index is 1.87. The molecule has 1 fully saturated rings. The molecule has 0 amide bonds. The van der Waals surface area contributed by atoms with E-state index in [9.17, 15) is 4.39 Å². The molecule has 0 heterocycles. The highest BCUT2D eigenvalue weighted by molar-refractivity contribution is 6.21. The van der Waals surface area contributed by atoms with Gasteiger partial charge in [0.2, 0.25) is 0 Å². The predicted octanol–water partition coefficient (Wildman–Crippen LogP) is 2.74. The van der Waals surface area contributed by atoms with Gasteiger partial charge in [-0.2, -0.15) is 0 Å². The lowest BCUT2D eigenvalue weighted by Crippen LogP contribution is -2.50. The molecule has 3 atom stereocenters. The molecule has 3 unspecified atom stereocenters. The summed E-state index contributed by atoms with van der Waals surface area (Å²) in [5.74, 6) is -0.238. The average Bonchev–Trinajstić information content (AvgIpc) is 2.26. The molecule has 0 radical (unpaired) electrons. The highest BCUT2D eigenvalue weighted by Gasteiger charge is 2.41. The van der Waals surface area contributed by atoms with Crippen LogP contribution in [-0.4, -0.2) is 24.7 Å². The van der Waals surface area contributed by atoms with E-state index >= 15 is 0 Å². The van der Waals surface area contributed by atoms with Crippen molar-refractivity contribution in [2.75, 3.05) is 7.11 Å². The third-order valence-electron chi connectivity index (χ3n) is 2.86. The molecule has 1 aliphatic carbocycles. The van der Waals surface area contributed by atoms with Gasteiger partial charge in [0, 0.05) is 12.7 Å². The first kappa shape index (κ1) is 11.8. The largest absolute Gasteiger partial charge is 0.377 e. The minimum absolute atomic E-state index is 0.00983. The van der Waals surface area contributed by atoms with E-state index in [0.29, 0.717) is 5.56 Å². The zero-order chi connectivity index (χ0) is 11.5. The highest BCUT2D eigenvalue weighted by Crippen LogP contribution is 2.32. The zero-order valence-corrected chi connectivity index (χ0v) is 9.78. The molecule has 1 saturated carbocycles. The first-order valence-electron chi connectivity index (χ1n) is 5.24. The van der Waals surface area contributed by atoms with Gasteiger partial charge in [0.1, 0.15) is 5.82 Å². The number of benzene rings is 1. The Bertz CT molecular complexity index is 359. The number of hydrogen-bond donors (Lipinski definition) is 0. The summed E-state index contributed by atoms with van der Waals surface area (Å²) in [6.07, 6.45) is 0.662. The number of ether oxygens (including phenoxy) is 2. The van der Waals surface area contributed by atoms with Crippen LogP contribution < -0.4 is 0 Å². The number of halogens is 2. The second-order valence-corrected chi connectivity index (χ2v) is 4.45. The Hall–Kier alpha value is -0.640. The van der Waals surface area contributed by atoms with Gasteiger partial charge in [-0.3, -0.25) is 0 Å². The zero-order valence-electron chi connectivity index (χ0n) is 9.03. The summed E-state index contributed by atoms with van der Waals surface area (Å²) in [6, 6.07) is 6.60. The summed E-state index contributed by atoms with van der Waals surface area (Å²) in [5.41, 5.74) is 0.565. The second kappa shape index (κ2) is 5.13. The van der Waals surface area contributed by atoms with Crippen LogP contribution in [0.4, 0.5) is 4.39 Å². The predicted molar refractivity (Wildman–Crippen MR) is 60.0 cm³/mol. The topological polar surface area (TPSA) is 18.5 Å². The van der Waals surface area contributed by atoms with Crippen molar-refractivity contribution >= 4 is 11.6 Å². The molecule has 2 rings (SSSR count). The maximum Gasteiger partial charge on any atom is 0.128 e. The Kier molecular flexibility index (Phi) is 3.79. The number of rotatable bonds is 4. The van der Waals surface area contributed by atoms with Crippen LogP contribution in [0.25, 0.3) is 0 Å². The molecule has 0 aliphatic heterocycles. The Morgan fingerprint density at radius 2 is 2.19 bits per heavy atom. The average molecular weight is 245 g/mol. The van der Waals surface area contributed by atoms with Gasteiger partial charge in [-0.15, -0.1) is 11.6 Å². The quantitative estimate of drug-likeness (QED) is 0.759. The number of methoxy groups -OCH3 is 1. The van der Waals surface area contributed by atoms with Crippen LogP contribution in [0.15, 0.2) is 24.3 Å². The van der Waals surface area contributed by atoms with Crippen LogP contribution in [0.3, 0.4) is 0 Å². The van der Waals surface area contributed by atoms with Crippen molar-refractivity contribution in [3.05, 3.63) is 35.6 Å². The lowest BCUT2D eigenvalue weighted by atomic mass is 9.91. The second-order valence-electron chi connectivity index (χ2n) is 3.89. The fourth-order valence-corrected chi connectivity index (χ4v) is 2.24. The third-order valence-corrected chi connectivity index (χ3v) is 3.29. The summed E-state index contributed by atoms with van der Waals surface area (Å²) in [5, 5.41) is 0.00983. The van der Waals surface area contributed by atoms with Crippen LogP contribution in [-0.2, 0) is 16.1 Å². The van der Waals surface area contributed by atoms with Crippen LogP contribution in [0.2, 0.25) is 0 Å². The van der Waals surface area contributed by atoms with Gasteiger partial charge in [0.15, 0.2) is 0 Å². The van der Waals surface area contributed by atoms with Gasteiger partial charge < -0.3 is 9.47 Å². The van der Waals surface area contributed by atoms with Crippen molar-refractivity contribution < 1.29 is 13.9 Å². The molecule has 1 aromatic rings. The van der Waals surface area contributed by atoms with E-state index in [2.05, 4.69) is 0 Å². The third kappa shape index (κ3) is 2.37. The number of alkyl halides is 1. The van der Waals surface area contributed by atoms with E-state index in [1.165, 1.54) is 6.07 Å². The first-order valence-corrected chi connectivity index (χ1v) is 5.68. The van der Waals surface area contributed by atoms with Gasteiger partial charge in [-0.1, -0.05) is 18.2 Å². The molecule has 16 heavy (non-hydrogen) atoms. The van der Waals surface area contributed by atoms with Crippen LogP contribution >= 0.6 is 11.6 Å². The maximum absolute atomic E-state index is 13.3. The minimum atomic E-state index is -0.238. The SMILES string of the molecule is COC1C(Cl)CC1OCc1ccccc1F. The highest BCUT2D eigenvalue weighted by atomic mass is 35.5. The van der Waals surface area contributed by atoms with Crippen LogP contribution in [0, 0.1) is 5.82 Å². The lowest BCUT2D eigenvalue weighted by molar-refractivity contribution is -0.116. The molecular formula is C12H14ClFO2. The molecule has 0 aromatic heterocycles. The first-order chi connectivity index (χ1) is 7.72. The lowest BCUT2D eigenvalue weighted by Gasteiger charge is -2.39. The van der Waals surface area contributed by atoms with Crippen molar-refractivity contribution in [2.24, 2.45) is 0 Å². The molecule has 4 heteroatoms. The van der Waals surface area contributed by atoms with Gasteiger partial charge in [0.25, 0.3) is 0 Å². The molecule has 88 valence electrons. The fraction of sp³-hybridized carbons (Fsp3) is 0.500. The Morgan fingerprint density at radius 3 is 2.81 bits per heavy atom. The molecule has 0 spiro atoms. The summed E-state index contributed by atoms with van der Waals surface area (Å²) >= 11 is 5.94. The minimum Gasteiger partial charge on any atom is -0.377 e. The molecule has 0 N–H and O–H groups in total. The monoisotopic (exact) mass is 244 g/mol. The Labute approximate surface area is 99.3 Å². The van der Waals surface area contributed by atoms with Crippen molar-refractivity contribution in [3.63, 3.8) is 0 Å². The number of hydrogen-bond acceptors (Lipinski definition) is 2. The standard InChI is InChI=1S/C12H14ClFO2/c1-15-12-9(13)6-11(12)16-7-8-4-2-3-5-10(8)14/h2-5,9,11-12H,6-7H2,1H3. The van der Waals surface area contributed by atoms with Crippen molar-refractivity contribution in [1.82, 2.24) is 0 Å². The van der Waals surface area contributed by atoms with Crippen LogP contribution in [0.1, 0.15) is 12.0 Å². The van der Waals surface area contributed by atoms with Gasteiger partial charge in [-0.05, 0) is 12.5 Å². The normalized spacial score (nSPS) is 28.8. The molecule has 1 aliphatic rings. The van der Waals surface area contributed by atoms with E-state index in [1.54, 1.807) is 25.3 Å². The fourth-order valence-electron chi connectivity index (χ4n) is 1.80. The molecule has 0 saturated heterocycles. The summed E-state index contributed by atoms with van der Waals surface area (Å²) < 4.78 is 24.0. The Morgan fingerprint density at radius 1 is 1.44 bits per heavy atom. The van der Waals surface area contributed by atoms with E-state index in [-0.39, 0.29) is 30.0 Å². The van der Waals surface area contributed by atoms with E-state index in [1.807, 2.05) is 0 Å². The summed E-state index contributed by atoms with van der Waals surface area (Å²) in [7, 11) is 1.61. The van der Waals surface area contributed by atoms with Gasteiger partial charge >= 0.3 is 0 Å². The van der Waals surface area contributed by atoms with Crippen molar-refractivity contribution in [2.45, 2.75) is 30.6 Å². The molecule has 2 nitrogen and oxygen atoms in total. The van der Waals surface area contributed by atoms with Crippen molar-refractivity contribution in [1.29, 1.82) is 0 Å². The molecular weight excluding hydrogens is 231 g/mol. The summed E-state index contributed by atoms with van der Waals surface area (Å²) in [6.45, 7) is 0.265. The van der Waals surface area contributed by atoms with E-state index in [4.69, 9.17) is 21.1 Å². The van der Waals surface area contributed by atoms with E-state index < -0.39 is 0 Å². The van der Waals surface area contributed by atoms with Gasteiger partial charge in [-0.25, -0.2) is 4.39 Å². The van der Waals surface area contributed by atoms with Gasteiger partial charge in [0.05, 0.1) is 24.2 Å². The molecule has 0 bridgehead atoms.